The molecule has 1 radical (unpaired) electrons. The Morgan fingerprint density at radius 1 is 1.14 bits per heavy atom. The molecule has 0 aromatic carbocycles. The van der Waals surface area contributed by atoms with Crippen molar-refractivity contribution >= 4 is 0 Å². The maximum absolute atomic E-state index is 8.58. The molecule has 0 heterocycles. The van der Waals surface area contributed by atoms with E-state index in [9.17, 15) is 0 Å². The van der Waals surface area contributed by atoms with Crippen LogP contribution in [0.2, 0.25) is 0 Å². The van der Waals surface area contributed by atoms with E-state index in [1.165, 1.54) is 0 Å². The normalized spacial score (nSPS) is 8.29. The molecular formula is LiMn2O4+. The Kier molecular flexibility index (Phi) is 11.9. The van der Waals surface area contributed by atoms with Gasteiger partial charge in [0.15, 0.2) is 0 Å². The first-order valence-corrected chi connectivity index (χ1v) is 2.54. The SMILES string of the molecule is [Li+].[Mn+2].[O]=[Mn](=[O])([O-])[O-]. The van der Waals surface area contributed by atoms with Crippen molar-refractivity contribution in [2.24, 2.45) is 0 Å². The molecule has 0 aromatic heterocycles. The van der Waals surface area contributed by atoms with E-state index in [0.29, 0.717) is 0 Å². The second-order valence-electron chi connectivity index (χ2n) is 0.378. The van der Waals surface area contributed by atoms with Crippen molar-refractivity contribution in [2.75, 3.05) is 0 Å². The van der Waals surface area contributed by atoms with E-state index in [1.807, 2.05) is 0 Å². The summed E-state index contributed by atoms with van der Waals surface area (Å²) < 4.78 is 34.3. The average Bonchev–Trinajstić information content (AvgIpc) is 0.722. The van der Waals surface area contributed by atoms with Gasteiger partial charge in [0.1, 0.15) is 0 Å². The quantitative estimate of drug-likeness (QED) is 0.349. The summed E-state index contributed by atoms with van der Waals surface area (Å²) in [4.78, 5) is 0. The van der Waals surface area contributed by atoms with Crippen LogP contribution in [0.5, 0.6) is 0 Å². The average molecular weight is 181 g/mol. The molecule has 0 saturated heterocycles. The molecule has 0 fully saturated rings. The molecule has 0 atom stereocenters. The zero-order chi connectivity index (χ0) is 4.50. The van der Waals surface area contributed by atoms with Gasteiger partial charge in [-0.3, -0.25) is 0 Å². The zero-order valence-electron chi connectivity index (χ0n) is 3.39. The Balaban J connectivity index is -0.0000000800. The van der Waals surface area contributed by atoms with Gasteiger partial charge in [0.05, 0.1) is 0 Å². The van der Waals surface area contributed by atoms with Crippen molar-refractivity contribution in [2.45, 2.75) is 0 Å². The minimum absolute atomic E-state index is 0. The van der Waals surface area contributed by atoms with Gasteiger partial charge in [-0.25, -0.2) is 0 Å². The Bertz CT molecular complexity index is 92.9. The van der Waals surface area contributed by atoms with Gasteiger partial charge in [0.25, 0.3) is 0 Å². The van der Waals surface area contributed by atoms with E-state index in [1.54, 1.807) is 0 Å². The molecule has 0 saturated carbocycles. The first-order chi connectivity index (χ1) is 2.00. The monoisotopic (exact) mass is 181 g/mol. The Labute approximate surface area is 65.2 Å². The molecule has 0 amide bonds. The van der Waals surface area contributed by atoms with Gasteiger partial charge in [-0.2, -0.15) is 0 Å². The molecule has 0 aliphatic carbocycles. The fraction of sp³-hybridized carbons (Fsp3) is 0. The minimum atomic E-state index is -5.62. The van der Waals surface area contributed by atoms with Gasteiger partial charge < -0.3 is 0 Å². The van der Waals surface area contributed by atoms with Gasteiger partial charge >= 0.3 is 65.3 Å². The van der Waals surface area contributed by atoms with Crippen LogP contribution < -0.4 is 27.2 Å². The van der Waals surface area contributed by atoms with Crippen LogP contribution in [0, 0.1) is 0 Å². The van der Waals surface area contributed by atoms with Crippen LogP contribution in [0.4, 0.5) is 0 Å². The molecule has 0 bridgehead atoms. The molecule has 0 aliphatic rings. The first kappa shape index (κ1) is 15.7. The number of rotatable bonds is 0. The summed E-state index contributed by atoms with van der Waals surface area (Å²) in [6.07, 6.45) is 0. The van der Waals surface area contributed by atoms with Crippen LogP contribution >= 0.6 is 0 Å². The van der Waals surface area contributed by atoms with Crippen molar-refractivity contribution in [1.29, 1.82) is 0 Å². The third-order valence-electron chi connectivity index (χ3n) is 0. The van der Waals surface area contributed by atoms with Crippen LogP contribution in [0.3, 0.4) is 0 Å². The summed E-state index contributed by atoms with van der Waals surface area (Å²) in [7, 11) is 0. The predicted octanol–water partition coefficient (Wildman–Crippen LogP) is -5.62. The van der Waals surface area contributed by atoms with E-state index in [2.05, 4.69) is 0 Å². The van der Waals surface area contributed by atoms with Gasteiger partial charge in [0, 0.05) is 0 Å². The van der Waals surface area contributed by atoms with E-state index in [4.69, 9.17) is 16.0 Å². The van der Waals surface area contributed by atoms with Gasteiger partial charge in [-0.05, 0) is 0 Å². The molecule has 0 aromatic rings. The summed E-state index contributed by atoms with van der Waals surface area (Å²) in [6, 6.07) is 0. The summed E-state index contributed by atoms with van der Waals surface area (Å²) in [6.45, 7) is 0. The molecule has 0 rings (SSSR count). The third kappa shape index (κ3) is 142. The number of hydrogen-bond donors (Lipinski definition) is 0. The number of hydrogen-bond acceptors (Lipinski definition) is 4. The van der Waals surface area contributed by atoms with Crippen LogP contribution in [0.15, 0.2) is 0 Å². The summed E-state index contributed by atoms with van der Waals surface area (Å²) >= 11 is -5.62. The van der Waals surface area contributed by atoms with Crippen molar-refractivity contribution in [1.82, 2.24) is 0 Å². The Hall–Kier alpha value is 1.16. The molecule has 0 spiro atoms. The molecule has 0 N–H and O–H groups in total. The molecular weight excluding hydrogens is 181 g/mol. The van der Waals surface area contributed by atoms with E-state index in [0.717, 1.165) is 0 Å². The fourth-order valence-corrected chi connectivity index (χ4v) is 0. The second kappa shape index (κ2) is 5.30. The van der Waals surface area contributed by atoms with Crippen molar-refractivity contribution in [3.63, 3.8) is 0 Å². The van der Waals surface area contributed by atoms with Crippen LogP contribution in [0.25, 0.3) is 0 Å². The molecule has 38 valence electrons. The summed E-state index contributed by atoms with van der Waals surface area (Å²) in [5.41, 5.74) is 0. The predicted molar refractivity (Wildman–Crippen MR) is 1.37 cm³/mol. The summed E-state index contributed by atoms with van der Waals surface area (Å²) in [5, 5.41) is 0. The van der Waals surface area contributed by atoms with Crippen LogP contribution in [-0.4, -0.2) is 0 Å². The van der Waals surface area contributed by atoms with E-state index in [-0.39, 0.29) is 35.9 Å². The molecule has 7 heteroatoms. The van der Waals surface area contributed by atoms with Crippen LogP contribution in [0.1, 0.15) is 0 Å². The Morgan fingerprint density at radius 2 is 1.14 bits per heavy atom. The van der Waals surface area contributed by atoms with Gasteiger partial charge in [-0.1, -0.05) is 0 Å². The standard InChI is InChI=1S/Li.2Mn.4O/q+1;;+2;;;2*-1. The summed E-state index contributed by atoms with van der Waals surface area (Å²) in [5.74, 6) is 0. The maximum atomic E-state index is 8.58. The molecule has 4 nitrogen and oxygen atoms in total. The van der Waals surface area contributed by atoms with Crippen molar-refractivity contribution in [3.8, 4) is 0 Å². The topological polar surface area (TPSA) is 80.3 Å². The molecule has 0 unspecified atom stereocenters. The van der Waals surface area contributed by atoms with Crippen LogP contribution in [-0.2, 0) is 38.1 Å². The first-order valence-electron chi connectivity index (χ1n) is 0.617. The molecule has 0 aliphatic heterocycles. The fourth-order valence-electron chi connectivity index (χ4n) is 0. The zero-order valence-corrected chi connectivity index (χ0v) is 5.75. The Morgan fingerprint density at radius 3 is 1.14 bits per heavy atom. The molecule has 7 heavy (non-hydrogen) atoms. The van der Waals surface area contributed by atoms with Gasteiger partial charge in [0.2, 0.25) is 0 Å². The third-order valence-corrected chi connectivity index (χ3v) is 0. The van der Waals surface area contributed by atoms with Crippen molar-refractivity contribution in [3.05, 3.63) is 0 Å². The van der Waals surface area contributed by atoms with E-state index < -0.39 is 13.4 Å². The van der Waals surface area contributed by atoms with Crippen molar-refractivity contribution < 1.29 is 65.3 Å². The van der Waals surface area contributed by atoms with Gasteiger partial charge in [-0.15, -0.1) is 0 Å². The van der Waals surface area contributed by atoms with E-state index >= 15 is 0 Å². The second-order valence-corrected chi connectivity index (χ2v) is 1.56.